The third kappa shape index (κ3) is 3.51. The molecule has 1 aromatic heterocycles. The maximum absolute atomic E-state index is 13.6. The van der Waals surface area contributed by atoms with Gasteiger partial charge in [-0.2, -0.15) is 0 Å². The van der Waals surface area contributed by atoms with Crippen molar-refractivity contribution >= 4 is 28.6 Å². The van der Waals surface area contributed by atoms with E-state index in [0.717, 1.165) is 16.2 Å². The summed E-state index contributed by atoms with van der Waals surface area (Å²) < 4.78 is 19.1. The number of ether oxygens (including phenoxy) is 1. The Balaban J connectivity index is 1.99. The predicted molar refractivity (Wildman–Crippen MR) is 100 cm³/mol. The number of aromatic hydroxyl groups is 1. The van der Waals surface area contributed by atoms with E-state index in [4.69, 9.17) is 0 Å². The van der Waals surface area contributed by atoms with Gasteiger partial charge in [-0.05, 0) is 30.2 Å². The van der Waals surface area contributed by atoms with E-state index in [-0.39, 0.29) is 28.9 Å². The number of hydrogen-bond donors (Lipinski definition) is 1. The van der Waals surface area contributed by atoms with Crippen LogP contribution in [0.15, 0.2) is 42.5 Å². The number of methoxy groups -OCH3 is 1. The molecule has 7 heteroatoms. The summed E-state index contributed by atoms with van der Waals surface area (Å²) in [6.45, 7) is 1.22. The number of aryl methyl sites for hydroxylation is 1. The molecule has 0 spiro atoms. The molecule has 0 radical (unpaired) electrons. The second-order valence-electron chi connectivity index (χ2n) is 6.32. The number of carbonyl (C=O) groups is 3. The highest BCUT2D eigenvalue weighted by atomic mass is 19.1. The zero-order chi connectivity index (χ0) is 20.4. The van der Waals surface area contributed by atoms with Crippen LogP contribution in [0.1, 0.15) is 39.6 Å². The fourth-order valence-electron chi connectivity index (χ4n) is 3.11. The Morgan fingerprint density at radius 3 is 2.39 bits per heavy atom. The molecule has 28 heavy (non-hydrogen) atoms. The van der Waals surface area contributed by atoms with Gasteiger partial charge in [0.1, 0.15) is 5.82 Å². The highest BCUT2D eigenvalue weighted by molar-refractivity contribution is 6.19. The third-order valence-corrected chi connectivity index (χ3v) is 4.51. The first-order chi connectivity index (χ1) is 13.3. The quantitative estimate of drug-likeness (QED) is 0.539. The number of rotatable bonds is 5. The Morgan fingerprint density at radius 2 is 1.79 bits per heavy atom. The van der Waals surface area contributed by atoms with E-state index in [1.807, 2.05) is 0 Å². The topological polar surface area (TPSA) is 85.6 Å². The van der Waals surface area contributed by atoms with E-state index in [9.17, 15) is 23.9 Å². The van der Waals surface area contributed by atoms with Crippen LogP contribution < -0.4 is 0 Å². The van der Waals surface area contributed by atoms with Crippen molar-refractivity contribution in [3.8, 4) is 5.88 Å². The van der Waals surface area contributed by atoms with Crippen LogP contribution >= 0.6 is 0 Å². The lowest BCUT2D eigenvalue weighted by atomic mass is 10.00. The highest BCUT2D eigenvalue weighted by Gasteiger charge is 2.25. The second-order valence-corrected chi connectivity index (χ2v) is 6.32. The van der Waals surface area contributed by atoms with Gasteiger partial charge in [0.25, 0.3) is 0 Å². The average molecular weight is 383 g/mol. The number of ketones is 1. The molecule has 0 fully saturated rings. The number of fused-ring (bicyclic) bond motifs is 1. The van der Waals surface area contributed by atoms with Crippen LogP contribution in [-0.2, 0) is 16.0 Å². The summed E-state index contributed by atoms with van der Waals surface area (Å²) in [7, 11) is 1.32. The van der Waals surface area contributed by atoms with Crippen molar-refractivity contribution in [1.82, 2.24) is 4.57 Å². The van der Waals surface area contributed by atoms with Gasteiger partial charge in [-0.25, -0.2) is 8.96 Å². The number of aromatic nitrogens is 1. The van der Waals surface area contributed by atoms with Gasteiger partial charge in [0.05, 0.1) is 18.2 Å². The van der Waals surface area contributed by atoms with E-state index >= 15 is 0 Å². The maximum atomic E-state index is 13.6. The first-order valence-corrected chi connectivity index (χ1v) is 8.57. The number of benzene rings is 2. The molecule has 0 aliphatic carbocycles. The van der Waals surface area contributed by atoms with E-state index < -0.39 is 23.4 Å². The average Bonchev–Trinajstić information content (AvgIpc) is 2.96. The van der Waals surface area contributed by atoms with Crippen LogP contribution in [0.3, 0.4) is 0 Å². The smallest absolute Gasteiger partial charge is 0.305 e. The number of carbonyl (C=O) groups excluding carboxylic acids is 3. The van der Waals surface area contributed by atoms with Gasteiger partial charge < -0.3 is 9.84 Å². The van der Waals surface area contributed by atoms with Crippen LogP contribution in [0.5, 0.6) is 5.88 Å². The van der Waals surface area contributed by atoms with Crippen LogP contribution in [0.2, 0.25) is 0 Å². The number of nitrogens with zero attached hydrogens (tertiary/aromatic N) is 1. The van der Waals surface area contributed by atoms with E-state index in [2.05, 4.69) is 4.74 Å². The molecule has 3 rings (SSSR count). The molecule has 0 atom stereocenters. The van der Waals surface area contributed by atoms with Crippen molar-refractivity contribution in [2.75, 3.05) is 7.11 Å². The third-order valence-electron chi connectivity index (χ3n) is 4.51. The standard InChI is InChI=1S/C21H18FNO5/c1-12(24)23-17-11-15(22)8-9-16(17)19(21(23)27)20(26)14-6-3-13(4-7-14)5-10-18(25)28-2/h3-4,6-9,11,27H,5,10H2,1-2H3. The normalized spacial score (nSPS) is 10.8. The number of halogens is 1. The molecule has 0 saturated heterocycles. The van der Waals surface area contributed by atoms with Crippen molar-refractivity contribution in [2.24, 2.45) is 0 Å². The van der Waals surface area contributed by atoms with Crippen molar-refractivity contribution in [1.29, 1.82) is 0 Å². The van der Waals surface area contributed by atoms with Crippen molar-refractivity contribution in [3.63, 3.8) is 0 Å². The minimum absolute atomic E-state index is 0.0625. The van der Waals surface area contributed by atoms with E-state index in [0.29, 0.717) is 12.0 Å². The monoisotopic (exact) mass is 383 g/mol. The lowest BCUT2D eigenvalue weighted by Gasteiger charge is -2.04. The van der Waals surface area contributed by atoms with Crippen LogP contribution in [-0.4, -0.2) is 34.4 Å². The number of esters is 1. The lowest BCUT2D eigenvalue weighted by molar-refractivity contribution is -0.140. The summed E-state index contributed by atoms with van der Waals surface area (Å²) in [5.74, 6) is -2.46. The van der Waals surface area contributed by atoms with Gasteiger partial charge in [0, 0.05) is 24.3 Å². The van der Waals surface area contributed by atoms with E-state index in [1.165, 1.54) is 26.2 Å². The van der Waals surface area contributed by atoms with Crippen molar-refractivity contribution in [3.05, 3.63) is 65.0 Å². The van der Waals surface area contributed by atoms with Crippen LogP contribution in [0, 0.1) is 5.82 Å². The first kappa shape index (κ1) is 19.3. The van der Waals surface area contributed by atoms with Gasteiger partial charge >= 0.3 is 5.97 Å². The first-order valence-electron chi connectivity index (χ1n) is 8.57. The largest absolute Gasteiger partial charge is 0.494 e. The maximum Gasteiger partial charge on any atom is 0.305 e. The molecule has 0 bridgehead atoms. The molecular formula is C21H18FNO5. The van der Waals surface area contributed by atoms with Gasteiger partial charge in [-0.1, -0.05) is 24.3 Å². The molecule has 0 aliphatic rings. The Labute approximate surface area is 160 Å². The summed E-state index contributed by atoms with van der Waals surface area (Å²) in [5, 5.41) is 10.8. The Bertz CT molecular complexity index is 1080. The molecule has 0 saturated carbocycles. The van der Waals surface area contributed by atoms with Crippen molar-refractivity contribution in [2.45, 2.75) is 19.8 Å². The summed E-state index contributed by atoms with van der Waals surface area (Å²) >= 11 is 0. The van der Waals surface area contributed by atoms with Gasteiger partial charge in [0.15, 0.2) is 5.78 Å². The summed E-state index contributed by atoms with van der Waals surface area (Å²) in [6, 6.07) is 10.2. The van der Waals surface area contributed by atoms with Crippen LogP contribution in [0.25, 0.3) is 10.9 Å². The summed E-state index contributed by atoms with van der Waals surface area (Å²) in [6.07, 6.45) is 0.692. The molecule has 6 nitrogen and oxygen atoms in total. The highest BCUT2D eigenvalue weighted by Crippen LogP contribution is 2.33. The Kier molecular flexibility index (Phi) is 5.26. The van der Waals surface area contributed by atoms with Gasteiger partial charge in [-0.15, -0.1) is 0 Å². The molecule has 1 N–H and O–H groups in total. The van der Waals surface area contributed by atoms with Gasteiger partial charge in [0.2, 0.25) is 11.8 Å². The molecule has 1 heterocycles. The van der Waals surface area contributed by atoms with Gasteiger partial charge in [-0.3, -0.25) is 14.4 Å². The Morgan fingerprint density at radius 1 is 1.11 bits per heavy atom. The van der Waals surface area contributed by atoms with Crippen LogP contribution in [0.4, 0.5) is 4.39 Å². The minimum atomic E-state index is -0.582. The molecule has 144 valence electrons. The summed E-state index contributed by atoms with van der Waals surface area (Å²) in [4.78, 5) is 36.1. The molecule has 3 aromatic rings. The lowest BCUT2D eigenvalue weighted by Crippen LogP contribution is -2.06. The Hall–Kier alpha value is -3.48. The molecule has 2 aromatic carbocycles. The SMILES string of the molecule is COC(=O)CCc1ccc(C(=O)c2c(O)n(C(C)=O)c3cc(F)ccc23)cc1. The fraction of sp³-hybridized carbons (Fsp3) is 0.190. The molecule has 0 aliphatic heterocycles. The van der Waals surface area contributed by atoms with Crippen molar-refractivity contribution < 1.29 is 28.6 Å². The minimum Gasteiger partial charge on any atom is -0.494 e. The van der Waals surface area contributed by atoms with E-state index in [1.54, 1.807) is 24.3 Å². The number of hydrogen-bond acceptors (Lipinski definition) is 5. The molecular weight excluding hydrogens is 365 g/mol. The summed E-state index contributed by atoms with van der Waals surface area (Å²) in [5.41, 5.74) is 1.21. The molecule has 0 amide bonds. The second kappa shape index (κ2) is 7.64. The zero-order valence-electron chi connectivity index (χ0n) is 15.4. The predicted octanol–water partition coefficient (Wildman–Crippen LogP) is 3.48. The zero-order valence-corrected chi connectivity index (χ0v) is 15.4. The fourth-order valence-corrected chi connectivity index (χ4v) is 3.11. The molecule has 0 unspecified atom stereocenters.